The molecule has 1 N–H and O–H groups in total. The monoisotopic (exact) mass is 321 g/mol. The van der Waals surface area contributed by atoms with Crippen molar-refractivity contribution in [3.63, 3.8) is 0 Å². The highest BCUT2D eigenvalue weighted by atomic mass is 19.1. The van der Waals surface area contributed by atoms with Crippen LogP contribution in [0.15, 0.2) is 73.1 Å². The average Bonchev–Trinajstić information content (AvgIpc) is 3.14. The minimum absolute atomic E-state index is 0.269. The Morgan fingerprint density at radius 1 is 1.12 bits per heavy atom. The van der Waals surface area contributed by atoms with Gasteiger partial charge >= 0.3 is 0 Å². The molecule has 1 amide bonds. The van der Waals surface area contributed by atoms with Gasteiger partial charge in [0.25, 0.3) is 0 Å². The summed E-state index contributed by atoms with van der Waals surface area (Å²) in [6.45, 7) is 0.403. The first-order chi connectivity index (χ1) is 11.7. The van der Waals surface area contributed by atoms with E-state index in [0.717, 1.165) is 11.3 Å². The van der Waals surface area contributed by atoms with Crippen molar-refractivity contribution in [1.29, 1.82) is 0 Å². The Labute approximate surface area is 139 Å². The maximum atomic E-state index is 13.5. The molecule has 0 saturated carbocycles. The number of hydrogen-bond donors (Lipinski definition) is 1. The molecule has 0 aliphatic rings. The van der Waals surface area contributed by atoms with Gasteiger partial charge in [0.1, 0.15) is 5.82 Å². The van der Waals surface area contributed by atoms with Crippen LogP contribution in [-0.4, -0.2) is 15.7 Å². The lowest BCUT2D eigenvalue weighted by atomic mass is 10.2. The molecule has 120 valence electrons. The number of halogens is 1. The van der Waals surface area contributed by atoms with Gasteiger partial charge in [-0.15, -0.1) is 0 Å². The van der Waals surface area contributed by atoms with Crippen molar-refractivity contribution in [2.75, 3.05) is 0 Å². The number of hydrogen-bond acceptors (Lipinski definition) is 2. The average molecular weight is 321 g/mol. The Morgan fingerprint density at radius 2 is 1.92 bits per heavy atom. The number of nitrogens with one attached hydrogen (secondary N) is 1. The Morgan fingerprint density at radius 3 is 2.62 bits per heavy atom. The molecule has 5 heteroatoms. The van der Waals surface area contributed by atoms with Gasteiger partial charge < -0.3 is 5.32 Å². The molecule has 0 aliphatic heterocycles. The zero-order valence-electron chi connectivity index (χ0n) is 12.9. The number of nitrogens with zero attached hydrogens (tertiary/aromatic N) is 2. The molecule has 4 nitrogen and oxygen atoms in total. The molecule has 0 bridgehead atoms. The Balaban J connectivity index is 1.55. The fraction of sp³-hybridized carbons (Fsp3) is 0.0526. The van der Waals surface area contributed by atoms with E-state index >= 15 is 0 Å². The maximum Gasteiger partial charge on any atom is 0.244 e. The van der Waals surface area contributed by atoms with E-state index < -0.39 is 0 Å². The number of carbonyl (C=O) groups is 1. The molecule has 0 spiro atoms. The first kappa shape index (κ1) is 15.7. The fourth-order valence-corrected chi connectivity index (χ4v) is 2.21. The molecule has 1 heterocycles. The van der Waals surface area contributed by atoms with Crippen molar-refractivity contribution in [3.8, 4) is 5.69 Å². The zero-order chi connectivity index (χ0) is 16.8. The van der Waals surface area contributed by atoms with Gasteiger partial charge in [-0.05, 0) is 35.9 Å². The number of rotatable bonds is 5. The summed E-state index contributed by atoms with van der Waals surface area (Å²) in [5, 5.41) is 6.93. The zero-order valence-corrected chi connectivity index (χ0v) is 12.9. The third kappa shape index (κ3) is 3.95. The molecule has 0 unspecified atom stereocenters. The van der Waals surface area contributed by atoms with Crippen molar-refractivity contribution in [2.45, 2.75) is 6.54 Å². The molecule has 2 aromatic carbocycles. The van der Waals surface area contributed by atoms with Crippen molar-refractivity contribution in [1.82, 2.24) is 15.1 Å². The predicted octanol–water partition coefficient (Wildman–Crippen LogP) is 3.34. The van der Waals surface area contributed by atoms with E-state index in [4.69, 9.17) is 0 Å². The van der Waals surface area contributed by atoms with E-state index in [9.17, 15) is 9.18 Å². The number of amides is 1. The van der Waals surface area contributed by atoms with Crippen LogP contribution < -0.4 is 5.32 Å². The van der Waals surface area contributed by atoms with Crippen molar-refractivity contribution in [2.24, 2.45) is 0 Å². The molecule has 3 rings (SSSR count). The molecule has 0 fully saturated rings. The second-order valence-corrected chi connectivity index (χ2v) is 5.19. The fourth-order valence-electron chi connectivity index (χ4n) is 2.21. The van der Waals surface area contributed by atoms with Crippen molar-refractivity contribution in [3.05, 3.63) is 90.0 Å². The van der Waals surface area contributed by atoms with Gasteiger partial charge in [0.05, 0.1) is 5.69 Å². The molecule has 0 saturated heterocycles. The quantitative estimate of drug-likeness (QED) is 0.733. The predicted molar refractivity (Wildman–Crippen MR) is 90.8 cm³/mol. The second-order valence-electron chi connectivity index (χ2n) is 5.19. The van der Waals surface area contributed by atoms with Gasteiger partial charge in [-0.3, -0.25) is 4.79 Å². The maximum absolute atomic E-state index is 13.5. The van der Waals surface area contributed by atoms with Crippen LogP contribution in [0.5, 0.6) is 0 Å². The van der Waals surface area contributed by atoms with Gasteiger partial charge in [-0.1, -0.05) is 30.3 Å². The van der Waals surface area contributed by atoms with E-state index in [1.54, 1.807) is 29.1 Å². The highest BCUT2D eigenvalue weighted by Gasteiger charge is 2.00. The summed E-state index contributed by atoms with van der Waals surface area (Å²) < 4.78 is 15.2. The number of aromatic nitrogens is 2. The molecule has 1 aromatic heterocycles. The highest BCUT2D eigenvalue weighted by Crippen LogP contribution is 2.09. The third-order valence-electron chi connectivity index (χ3n) is 3.49. The van der Waals surface area contributed by atoms with Crippen LogP contribution in [-0.2, 0) is 11.3 Å². The molecule has 0 radical (unpaired) electrons. The molecule has 0 aliphatic carbocycles. The van der Waals surface area contributed by atoms with Crippen LogP contribution in [0.1, 0.15) is 11.1 Å². The summed E-state index contributed by atoms with van der Waals surface area (Å²) in [5.41, 5.74) is 2.31. The van der Waals surface area contributed by atoms with E-state index in [-0.39, 0.29) is 11.7 Å². The summed E-state index contributed by atoms with van der Waals surface area (Å²) in [5.74, 6) is -0.620. The van der Waals surface area contributed by atoms with E-state index in [1.165, 1.54) is 18.2 Å². The molecule has 3 aromatic rings. The lowest BCUT2D eigenvalue weighted by Gasteiger charge is -2.05. The van der Waals surface area contributed by atoms with Crippen LogP contribution in [0.2, 0.25) is 0 Å². The highest BCUT2D eigenvalue weighted by molar-refractivity contribution is 5.91. The molecule has 24 heavy (non-hydrogen) atoms. The minimum Gasteiger partial charge on any atom is -0.348 e. The SMILES string of the molecule is O=C(C=Cc1ccccc1F)NCc1ccc(-n2cccn2)cc1. The van der Waals surface area contributed by atoms with Gasteiger partial charge in [0.15, 0.2) is 0 Å². The molecule has 0 atom stereocenters. The van der Waals surface area contributed by atoms with E-state index in [2.05, 4.69) is 10.4 Å². The van der Waals surface area contributed by atoms with Crippen molar-refractivity contribution < 1.29 is 9.18 Å². The first-order valence-corrected chi connectivity index (χ1v) is 7.52. The normalized spacial score (nSPS) is 10.9. The van der Waals surface area contributed by atoms with Crippen LogP contribution in [0.4, 0.5) is 4.39 Å². The van der Waals surface area contributed by atoms with E-state index in [1.807, 2.05) is 36.5 Å². The van der Waals surface area contributed by atoms with Crippen LogP contribution >= 0.6 is 0 Å². The number of benzene rings is 2. The van der Waals surface area contributed by atoms with Gasteiger partial charge in [-0.2, -0.15) is 5.10 Å². The Kier molecular flexibility index (Phi) is 4.81. The van der Waals surface area contributed by atoms with Crippen LogP contribution in [0.25, 0.3) is 11.8 Å². The number of carbonyl (C=O) groups excluding carboxylic acids is 1. The van der Waals surface area contributed by atoms with Crippen molar-refractivity contribution >= 4 is 12.0 Å². The first-order valence-electron chi connectivity index (χ1n) is 7.52. The lowest BCUT2D eigenvalue weighted by molar-refractivity contribution is -0.116. The smallest absolute Gasteiger partial charge is 0.244 e. The summed E-state index contributed by atoms with van der Waals surface area (Å²) >= 11 is 0. The summed E-state index contributed by atoms with van der Waals surface area (Å²) in [6, 6.07) is 15.9. The summed E-state index contributed by atoms with van der Waals surface area (Å²) in [7, 11) is 0. The summed E-state index contributed by atoms with van der Waals surface area (Å²) in [6.07, 6.45) is 6.38. The standard InChI is InChI=1S/C19H16FN3O/c20-18-5-2-1-4-16(18)8-11-19(24)21-14-15-6-9-17(10-7-15)23-13-3-12-22-23/h1-13H,14H2,(H,21,24). The van der Waals surface area contributed by atoms with Gasteiger partial charge in [-0.25, -0.2) is 9.07 Å². The van der Waals surface area contributed by atoms with Crippen LogP contribution in [0.3, 0.4) is 0 Å². The van der Waals surface area contributed by atoms with Gasteiger partial charge in [0.2, 0.25) is 5.91 Å². The molecular formula is C19H16FN3O. The molecular weight excluding hydrogens is 305 g/mol. The van der Waals surface area contributed by atoms with Gasteiger partial charge in [0, 0.05) is 30.6 Å². The minimum atomic E-state index is -0.351. The Hall–Kier alpha value is -3.21. The van der Waals surface area contributed by atoms with E-state index in [0.29, 0.717) is 12.1 Å². The summed E-state index contributed by atoms with van der Waals surface area (Å²) in [4.78, 5) is 11.8. The topological polar surface area (TPSA) is 46.9 Å². The lowest BCUT2D eigenvalue weighted by Crippen LogP contribution is -2.20. The Bertz CT molecular complexity index is 839. The van der Waals surface area contributed by atoms with Crippen LogP contribution in [0, 0.1) is 5.82 Å². The largest absolute Gasteiger partial charge is 0.348 e. The second kappa shape index (κ2) is 7.37. The third-order valence-corrected chi connectivity index (χ3v) is 3.49.